The minimum Gasteiger partial charge on any atom is -0.362 e. The molecule has 0 amide bonds. The first-order valence-electron chi connectivity index (χ1n) is 6.89. The first kappa shape index (κ1) is 13.2. The van der Waals surface area contributed by atoms with Gasteiger partial charge in [-0.05, 0) is 55.7 Å². The van der Waals surface area contributed by atoms with Crippen molar-refractivity contribution >= 4 is 5.69 Å². The van der Waals surface area contributed by atoms with Gasteiger partial charge >= 0.3 is 0 Å². The first-order valence-corrected chi connectivity index (χ1v) is 6.89. The van der Waals surface area contributed by atoms with Gasteiger partial charge in [-0.25, -0.2) is 0 Å². The number of hydrogen-bond donors (Lipinski definition) is 1. The van der Waals surface area contributed by atoms with Crippen molar-refractivity contribution in [1.82, 2.24) is 4.90 Å². The van der Waals surface area contributed by atoms with Crippen molar-refractivity contribution in [2.75, 3.05) is 25.0 Å². The van der Waals surface area contributed by atoms with Crippen molar-refractivity contribution in [3.63, 3.8) is 0 Å². The normalized spacial score (nSPS) is 19.4. The lowest BCUT2D eigenvalue weighted by atomic mass is 9.74. The maximum Gasteiger partial charge on any atom is 0.0417 e. The van der Waals surface area contributed by atoms with Gasteiger partial charge in [0, 0.05) is 5.69 Å². The topological polar surface area (TPSA) is 15.3 Å². The Hall–Kier alpha value is -1.28. The minimum atomic E-state index is 0.290. The minimum absolute atomic E-state index is 0.290. The summed E-state index contributed by atoms with van der Waals surface area (Å²) < 4.78 is 0. The summed E-state index contributed by atoms with van der Waals surface area (Å²) in [5.41, 5.74) is 2.93. The van der Waals surface area contributed by atoms with Crippen LogP contribution >= 0.6 is 0 Å². The van der Waals surface area contributed by atoms with E-state index in [0.717, 1.165) is 0 Å². The second-order valence-electron chi connectivity index (χ2n) is 5.39. The van der Waals surface area contributed by atoms with Crippen LogP contribution in [-0.2, 0) is 5.41 Å². The van der Waals surface area contributed by atoms with E-state index in [-0.39, 0.29) is 5.41 Å². The summed E-state index contributed by atoms with van der Waals surface area (Å²) in [6.07, 6.45) is 4.23. The van der Waals surface area contributed by atoms with Crippen molar-refractivity contribution < 1.29 is 0 Å². The van der Waals surface area contributed by atoms with Crippen LogP contribution in [0.2, 0.25) is 0 Å². The van der Waals surface area contributed by atoms with E-state index in [0.29, 0.717) is 0 Å². The van der Waals surface area contributed by atoms with Crippen LogP contribution in [0, 0.1) is 0 Å². The highest BCUT2D eigenvalue weighted by molar-refractivity contribution is 5.56. The molecule has 0 saturated carbocycles. The molecule has 1 fully saturated rings. The van der Waals surface area contributed by atoms with Gasteiger partial charge in [0.25, 0.3) is 0 Å². The number of piperidine rings is 1. The Morgan fingerprint density at radius 1 is 1.33 bits per heavy atom. The van der Waals surface area contributed by atoms with Crippen LogP contribution in [0.3, 0.4) is 0 Å². The Kier molecular flexibility index (Phi) is 4.07. The zero-order chi connectivity index (χ0) is 13.0. The Labute approximate surface area is 111 Å². The summed E-state index contributed by atoms with van der Waals surface area (Å²) in [4.78, 5) is 2.53. The number of nitrogens with one attached hydrogen (secondary N) is 1. The third-order valence-electron chi connectivity index (χ3n) is 4.24. The predicted molar refractivity (Wildman–Crippen MR) is 79.0 cm³/mol. The molecule has 98 valence electrons. The number of para-hydroxylation sites is 1. The maximum atomic E-state index is 3.77. The molecule has 0 aliphatic carbocycles. The van der Waals surface area contributed by atoms with Gasteiger partial charge in [-0.3, -0.25) is 0 Å². The van der Waals surface area contributed by atoms with Gasteiger partial charge in [0.05, 0.1) is 0 Å². The second kappa shape index (κ2) is 5.57. The second-order valence-corrected chi connectivity index (χ2v) is 5.39. The Morgan fingerprint density at radius 3 is 2.61 bits per heavy atom. The van der Waals surface area contributed by atoms with Gasteiger partial charge in [-0.2, -0.15) is 0 Å². The molecule has 18 heavy (non-hydrogen) atoms. The molecule has 1 aliphatic heterocycles. The number of hydrogen-bond acceptors (Lipinski definition) is 2. The summed E-state index contributed by atoms with van der Waals surface area (Å²) in [6, 6.07) is 8.63. The Balaban J connectivity index is 2.22. The molecular weight excluding hydrogens is 220 g/mol. The predicted octanol–water partition coefficient (Wildman–Crippen LogP) is 3.62. The highest BCUT2D eigenvalue weighted by Gasteiger charge is 2.32. The number of anilines is 1. The molecule has 1 heterocycles. The van der Waals surface area contributed by atoms with Crippen LogP contribution in [-0.4, -0.2) is 24.5 Å². The zero-order valence-corrected chi connectivity index (χ0v) is 11.6. The van der Waals surface area contributed by atoms with E-state index < -0.39 is 0 Å². The Bertz CT molecular complexity index is 403. The molecule has 0 unspecified atom stereocenters. The molecule has 0 bridgehead atoms. The van der Waals surface area contributed by atoms with Crippen molar-refractivity contribution in [1.29, 1.82) is 0 Å². The van der Waals surface area contributed by atoms with Gasteiger partial charge in [0.15, 0.2) is 0 Å². The quantitative estimate of drug-likeness (QED) is 0.870. The fourth-order valence-corrected chi connectivity index (χ4v) is 2.88. The van der Waals surface area contributed by atoms with E-state index in [9.17, 15) is 0 Å². The van der Waals surface area contributed by atoms with Crippen LogP contribution < -0.4 is 5.32 Å². The van der Waals surface area contributed by atoms with Gasteiger partial charge in [0.1, 0.15) is 0 Å². The third kappa shape index (κ3) is 2.59. The van der Waals surface area contributed by atoms with Crippen molar-refractivity contribution in [3.8, 4) is 0 Å². The summed E-state index contributed by atoms with van der Waals surface area (Å²) in [5, 5.41) is 3.27. The third-order valence-corrected chi connectivity index (χ3v) is 4.24. The fourth-order valence-electron chi connectivity index (χ4n) is 2.88. The van der Waals surface area contributed by atoms with Gasteiger partial charge in [-0.1, -0.05) is 38.6 Å². The average molecular weight is 244 g/mol. The smallest absolute Gasteiger partial charge is 0.0417 e. The van der Waals surface area contributed by atoms with Crippen LogP contribution in [0.5, 0.6) is 0 Å². The van der Waals surface area contributed by atoms with Crippen molar-refractivity contribution in [2.24, 2.45) is 0 Å². The van der Waals surface area contributed by atoms with Gasteiger partial charge < -0.3 is 10.2 Å². The molecule has 0 radical (unpaired) electrons. The van der Waals surface area contributed by atoms with E-state index in [1.54, 1.807) is 6.20 Å². The lowest BCUT2D eigenvalue weighted by Gasteiger charge is -2.40. The molecule has 0 atom stereocenters. The molecule has 2 heteroatoms. The number of nitrogens with zero attached hydrogens (tertiary/aromatic N) is 1. The van der Waals surface area contributed by atoms with Gasteiger partial charge in [0.2, 0.25) is 0 Å². The average Bonchev–Trinajstić information content (AvgIpc) is 2.41. The lowest BCUT2D eigenvalue weighted by Crippen LogP contribution is -2.41. The Morgan fingerprint density at radius 2 is 2.00 bits per heavy atom. The summed E-state index contributed by atoms with van der Waals surface area (Å²) >= 11 is 0. The van der Waals surface area contributed by atoms with Crippen LogP contribution in [0.4, 0.5) is 5.69 Å². The summed E-state index contributed by atoms with van der Waals surface area (Å²) in [5.74, 6) is 0. The van der Waals surface area contributed by atoms with Crippen molar-refractivity contribution in [3.05, 3.63) is 42.6 Å². The van der Waals surface area contributed by atoms with E-state index >= 15 is 0 Å². The van der Waals surface area contributed by atoms with Gasteiger partial charge in [-0.15, -0.1) is 0 Å². The summed E-state index contributed by atoms with van der Waals surface area (Å²) in [7, 11) is 0. The fraction of sp³-hybridized carbons (Fsp3) is 0.500. The molecule has 1 N–H and O–H groups in total. The highest BCUT2D eigenvalue weighted by Crippen LogP contribution is 2.38. The van der Waals surface area contributed by atoms with Crippen LogP contribution in [0.25, 0.3) is 0 Å². The molecule has 0 spiro atoms. The lowest BCUT2D eigenvalue weighted by molar-refractivity contribution is 0.176. The molecule has 1 aromatic rings. The molecule has 2 nitrogen and oxygen atoms in total. The maximum absolute atomic E-state index is 3.77. The largest absolute Gasteiger partial charge is 0.362 e. The molecular formula is C16H24N2. The van der Waals surface area contributed by atoms with Crippen molar-refractivity contribution in [2.45, 2.75) is 32.1 Å². The summed E-state index contributed by atoms with van der Waals surface area (Å²) in [6.45, 7) is 12.0. The zero-order valence-electron chi connectivity index (χ0n) is 11.6. The molecule has 0 aromatic heterocycles. The van der Waals surface area contributed by atoms with E-state index in [4.69, 9.17) is 0 Å². The van der Waals surface area contributed by atoms with E-state index in [2.05, 4.69) is 54.9 Å². The number of benzene rings is 1. The standard InChI is InChI=1S/C16H24N2/c1-4-17-15-9-7-6-8-14(15)16(3)10-12-18(5-2)13-11-16/h4,6-9,17H,1,5,10-13H2,2-3H3. The number of rotatable bonds is 4. The molecule has 1 aromatic carbocycles. The first-order chi connectivity index (χ1) is 8.69. The SMILES string of the molecule is C=CNc1ccccc1C1(C)CCN(CC)CC1. The van der Waals surface area contributed by atoms with Crippen LogP contribution in [0.15, 0.2) is 37.0 Å². The van der Waals surface area contributed by atoms with Crippen LogP contribution in [0.1, 0.15) is 32.3 Å². The molecule has 1 aliphatic rings. The molecule has 2 rings (SSSR count). The highest BCUT2D eigenvalue weighted by atomic mass is 15.1. The monoisotopic (exact) mass is 244 g/mol. The molecule has 1 saturated heterocycles. The van der Waals surface area contributed by atoms with E-state index in [1.165, 1.54) is 43.7 Å². The van der Waals surface area contributed by atoms with E-state index in [1.807, 2.05) is 0 Å². The number of likely N-dealkylation sites (tertiary alicyclic amines) is 1.